The summed E-state index contributed by atoms with van der Waals surface area (Å²) in [6.45, 7) is 2.23. The van der Waals surface area contributed by atoms with Gasteiger partial charge < -0.3 is 19.9 Å². The van der Waals surface area contributed by atoms with Gasteiger partial charge in [0.2, 0.25) is 0 Å². The van der Waals surface area contributed by atoms with E-state index < -0.39 is 11.4 Å². The molecule has 1 aliphatic heterocycles. The highest BCUT2D eigenvalue weighted by Crippen LogP contribution is 2.30. The first kappa shape index (κ1) is 16.0. The van der Waals surface area contributed by atoms with E-state index in [2.05, 4.69) is 5.32 Å². The Bertz CT molecular complexity index is 889. The van der Waals surface area contributed by atoms with E-state index in [4.69, 9.17) is 0 Å². The van der Waals surface area contributed by atoms with Crippen molar-refractivity contribution in [2.24, 2.45) is 12.5 Å². The molecular weight excluding hydrogens is 310 g/mol. The number of anilines is 1. The summed E-state index contributed by atoms with van der Waals surface area (Å²) in [5, 5.41) is 12.9. The van der Waals surface area contributed by atoms with Crippen LogP contribution in [-0.4, -0.2) is 39.7 Å². The average molecular weight is 329 g/mol. The largest absolute Gasteiger partial charge is 0.481 e. The number of hydrogen-bond donors (Lipinski definition) is 2. The van der Waals surface area contributed by atoms with Gasteiger partial charge >= 0.3 is 12.0 Å². The van der Waals surface area contributed by atoms with Crippen molar-refractivity contribution in [2.75, 3.05) is 18.4 Å². The summed E-state index contributed by atoms with van der Waals surface area (Å²) >= 11 is 0. The number of rotatable bonds is 2. The van der Waals surface area contributed by atoms with Crippen LogP contribution in [0.3, 0.4) is 0 Å². The Hall–Kier alpha value is -2.83. The zero-order valence-electron chi connectivity index (χ0n) is 13.6. The number of benzene rings is 1. The van der Waals surface area contributed by atoms with Gasteiger partial charge in [0.25, 0.3) is 5.56 Å². The number of carboxylic acid groups (broad SMARTS) is 1. The third-order valence-corrected chi connectivity index (χ3v) is 4.66. The van der Waals surface area contributed by atoms with Gasteiger partial charge in [-0.1, -0.05) is 6.07 Å². The van der Waals surface area contributed by atoms with E-state index >= 15 is 0 Å². The lowest BCUT2D eigenvalue weighted by Gasteiger charge is -2.20. The van der Waals surface area contributed by atoms with Crippen molar-refractivity contribution in [3.05, 3.63) is 40.7 Å². The molecule has 7 nitrogen and oxygen atoms in total. The summed E-state index contributed by atoms with van der Waals surface area (Å²) in [4.78, 5) is 36.9. The first-order valence-electron chi connectivity index (χ1n) is 7.69. The third kappa shape index (κ3) is 2.73. The van der Waals surface area contributed by atoms with Crippen LogP contribution >= 0.6 is 0 Å². The number of amides is 2. The number of aliphatic carboxylic acids is 1. The van der Waals surface area contributed by atoms with E-state index in [9.17, 15) is 19.5 Å². The summed E-state index contributed by atoms with van der Waals surface area (Å²) in [6, 6.07) is 8.23. The maximum absolute atomic E-state index is 12.4. The van der Waals surface area contributed by atoms with Crippen LogP contribution in [0, 0.1) is 5.41 Å². The minimum absolute atomic E-state index is 0.122. The molecule has 2 amide bonds. The summed E-state index contributed by atoms with van der Waals surface area (Å²) in [5.41, 5.74) is 0.266. The second-order valence-corrected chi connectivity index (χ2v) is 6.47. The monoisotopic (exact) mass is 329 g/mol. The zero-order chi connectivity index (χ0) is 17.5. The number of carbonyl (C=O) groups excluding carboxylic acids is 1. The Morgan fingerprint density at radius 3 is 2.62 bits per heavy atom. The molecule has 1 aromatic heterocycles. The fourth-order valence-corrected chi connectivity index (χ4v) is 2.96. The highest BCUT2D eigenvalue weighted by molar-refractivity contribution is 5.93. The minimum Gasteiger partial charge on any atom is -0.481 e. The maximum Gasteiger partial charge on any atom is 0.321 e. The van der Waals surface area contributed by atoms with Crippen LogP contribution in [-0.2, 0) is 11.8 Å². The molecule has 24 heavy (non-hydrogen) atoms. The summed E-state index contributed by atoms with van der Waals surface area (Å²) in [6.07, 6.45) is 0.433. The van der Waals surface area contributed by atoms with Crippen LogP contribution < -0.4 is 10.9 Å². The molecular formula is C17H19N3O4. The Balaban J connectivity index is 1.80. The van der Waals surface area contributed by atoms with Crippen LogP contribution in [0.15, 0.2) is 35.1 Å². The third-order valence-electron chi connectivity index (χ3n) is 4.66. The van der Waals surface area contributed by atoms with Crippen molar-refractivity contribution in [1.82, 2.24) is 9.47 Å². The van der Waals surface area contributed by atoms with Crippen LogP contribution in [0.5, 0.6) is 0 Å². The second-order valence-electron chi connectivity index (χ2n) is 6.47. The number of aromatic nitrogens is 1. The lowest BCUT2D eigenvalue weighted by molar-refractivity contribution is -0.146. The maximum atomic E-state index is 12.4. The molecule has 126 valence electrons. The lowest BCUT2D eigenvalue weighted by atomic mass is 9.90. The second kappa shape index (κ2) is 5.67. The standard InChI is InChI=1S/C17H19N3O4/c1-17(15(22)23)7-8-20(10-17)16(24)18-12-5-3-11-4-6-14(21)19(2)13(11)9-12/h3-6,9H,7-8,10H2,1-2H3,(H,18,24)(H,22,23). The van der Waals surface area contributed by atoms with Crippen LogP contribution in [0.2, 0.25) is 0 Å². The fraction of sp³-hybridized carbons (Fsp3) is 0.353. The number of urea groups is 1. The van der Waals surface area contributed by atoms with E-state index in [0.29, 0.717) is 18.7 Å². The number of aryl methyl sites for hydroxylation is 1. The van der Waals surface area contributed by atoms with Crippen LogP contribution in [0.4, 0.5) is 10.5 Å². The highest BCUT2D eigenvalue weighted by atomic mass is 16.4. The Morgan fingerprint density at radius 2 is 1.96 bits per heavy atom. The van der Waals surface area contributed by atoms with Gasteiger partial charge in [-0.05, 0) is 36.9 Å². The molecule has 1 saturated heterocycles. The van der Waals surface area contributed by atoms with E-state index in [1.54, 1.807) is 32.2 Å². The Kier molecular flexibility index (Phi) is 3.79. The fourth-order valence-electron chi connectivity index (χ4n) is 2.96. The summed E-state index contributed by atoms with van der Waals surface area (Å²) in [7, 11) is 1.68. The number of nitrogens with zero attached hydrogens (tertiary/aromatic N) is 2. The predicted molar refractivity (Wildman–Crippen MR) is 90.1 cm³/mol. The molecule has 1 atom stereocenters. The molecule has 7 heteroatoms. The van der Waals surface area contributed by atoms with Gasteiger partial charge in [0, 0.05) is 31.9 Å². The normalized spacial score (nSPS) is 20.3. The van der Waals surface area contributed by atoms with Gasteiger partial charge in [0.05, 0.1) is 10.9 Å². The number of carboxylic acids is 1. The molecule has 2 aromatic rings. The van der Waals surface area contributed by atoms with E-state index in [1.165, 1.54) is 15.5 Å². The smallest absolute Gasteiger partial charge is 0.321 e. The molecule has 0 aliphatic carbocycles. The first-order valence-corrected chi connectivity index (χ1v) is 7.69. The van der Waals surface area contributed by atoms with Crippen molar-refractivity contribution < 1.29 is 14.7 Å². The van der Waals surface area contributed by atoms with Gasteiger partial charge in [-0.15, -0.1) is 0 Å². The van der Waals surface area contributed by atoms with Crippen molar-refractivity contribution in [3.8, 4) is 0 Å². The van der Waals surface area contributed by atoms with Crippen molar-refractivity contribution in [1.29, 1.82) is 0 Å². The Labute approximate surface area is 138 Å². The number of fused-ring (bicyclic) bond motifs is 1. The van der Waals surface area contributed by atoms with Gasteiger partial charge in [-0.25, -0.2) is 4.79 Å². The van der Waals surface area contributed by atoms with E-state index in [0.717, 1.165) is 10.9 Å². The minimum atomic E-state index is -0.898. The lowest BCUT2D eigenvalue weighted by Crippen LogP contribution is -2.37. The first-order chi connectivity index (χ1) is 11.3. The van der Waals surface area contributed by atoms with Gasteiger partial charge in [0.1, 0.15) is 0 Å². The highest BCUT2D eigenvalue weighted by Gasteiger charge is 2.42. The predicted octanol–water partition coefficient (Wildman–Crippen LogP) is 1.87. The van der Waals surface area contributed by atoms with Crippen molar-refractivity contribution >= 4 is 28.6 Å². The Morgan fingerprint density at radius 1 is 1.25 bits per heavy atom. The molecule has 0 radical (unpaired) electrons. The average Bonchev–Trinajstić information content (AvgIpc) is 2.95. The molecule has 0 bridgehead atoms. The molecule has 0 saturated carbocycles. The number of pyridine rings is 1. The molecule has 1 fully saturated rings. The molecule has 3 rings (SSSR count). The SMILES string of the molecule is Cn1c(=O)ccc2ccc(NC(=O)N3CCC(C)(C(=O)O)C3)cc21. The van der Waals surface area contributed by atoms with Crippen LogP contribution in [0.25, 0.3) is 10.9 Å². The topological polar surface area (TPSA) is 91.6 Å². The molecule has 2 N–H and O–H groups in total. The zero-order valence-corrected chi connectivity index (χ0v) is 13.6. The molecule has 1 aliphatic rings. The van der Waals surface area contributed by atoms with E-state index in [-0.39, 0.29) is 18.1 Å². The summed E-state index contributed by atoms with van der Waals surface area (Å²) < 4.78 is 1.52. The van der Waals surface area contributed by atoms with Gasteiger partial charge in [-0.2, -0.15) is 0 Å². The van der Waals surface area contributed by atoms with E-state index in [1.807, 2.05) is 6.07 Å². The van der Waals surface area contributed by atoms with Gasteiger partial charge in [0.15, 0.2) is 0 Å². The van der Waals surface area contributed by atoms with Crippen molar-refractivity contribution in [3.63, 3.8) is 0 Å². The molecule has 0 spiro atoms. The van der Waals surface area contributed by atoms with Crippen molar-refractivity contribution in [2.45, 2.75) is 13.3 Å². The number of likely N-dealkylation sites (tertiary alicyclic amines) is 1. The summed E-state index contributed by atoms with van der Waals surface area (Å²) in [5.74, 6) is -0.890. The molecule has 1 unspecified atom stereocenters. The molecule has 2 heterocycles. The molecule has 1 aromatic carbocycles. The quantitative estimate of drug-likeness (QED) is 0.880. The van der Waals surface area contributed by atoms with Gasteiger partial charge in [-0.3, -0.25) is 9.59 Å². The van der Waals surface area contributed by atoms with Crippen LogP contribution in [0.1, 0.15) is 13.3 Å². The number of nitrogens with one attached hydrogen (secondary N) is 1. The number of carbonyl (C=O) groups is 2. The number of hydrogen-bond acceptors (Lipinski definition) is 3.